The minimum atomic E-state index is 0.493. The minimum Gasteiger partial charge on any atom is -0.491 e. The van der Waals surface area contributed by atoms with Crippen LogP contribution in [0.2, 0.25) is 0 Å². The van der Waals surface area contributed by atoms with Crippen molar-refractivity contribution in [2.45, 2.75) is 31.7 Å². The molecule has 4 heteroatoms. The predicted molar refractivity (Wildman–Crippen MR) is 84.0 cm³/mol. The van der Waals surface area contributed by atoms with Crippen LogP contribution in [0, 0.1) is 0 Å². The molecule has 1 aliphatic carbocycles. The first kappa shape index (κ1) is 16.3. The molecular formula is C17H27NO3. The number of hydrogen-bond donors (Lipinski definition) is 1. The van der Waals surface area contributed by atoms with E-state index in [1.54, 1.807) is 7.11 Å². The monoisotopic (exact) mass is 293 g/mol. The van der Waals surface area contributed by atoms with Crippen molar-refractivity contribution in [1.29, 1.82) is 0 Å². The minimum absolute atomic E-state index is 0.493. The summed E-state index contributed by atoms with van der Waals surface area (Å²) in [7, 11) is 3.74. The number of aryl methyl sites for hydroxylation is 1. The highest BCUT2D eigenvalue weighted by Gasteiger charge is 2.18. The zero-order valence-corrected chi connectivity index (χ0v) is 13.2. The maximum absolute atomic E-state index is 5.77. The smallest absolute Gasteiger partial charge is 0.119 e. The molecule has 0 fully saturated rings. The largest absolute Gasteiger partial charge is 0.491 e. The van der Waals surface area contributed by atoms with E-state index in [-0.39, 0.29) is 0 Å². The van der Waals surface area contributed by atoms with Crippen LogP contribution in [0.15, 0.2) is 18.2 Å². The SMILES string of the molecule is CNC1CCCc2cc(OCCOCCCOC)ccc21. The van der Waals surface area contributed by atoms with E-state index in [2.05, 4.69) is 23.5 Å². The number of ether oxygens (including phenoxy) is 3. The summed E-state index contributed by atoms with van der Waals surface area (Å²) in [6.45, 7) is 2.70. The van der Waals surface area contributed by atoms with E-state index in [4.69, 9.17) is 14.2 Å². The Labute approximate surface area is 127 Å². The molecule has 0 aliphatic heterocycles. The highest BCUT2D eigenvalue weighted by Crippen LogP contribution is 2.31. The molecular weight excluding hydrogens is 266 g/mol. The van der Waals surface area contributed by atoms with Crippen molar-refractivity contribution < 1.29 is 14.2 Å². The van der Waals surface area contributed by atoms with Gasteiger partial charge >= 0.3 is 0 Å². The Morgan fingerprint density at radius 2 is 2.10 bits per heavy atom. The van der Waals surface area contributed by atoms with Crippen molar-refractivity contribution in [3.8, 4) is 5.75 Å². The third kappa shape index (κ3) is 4.99. The van der Waals surface area contributed by atoms with Crippen molar-refractivity contribution in [3.63, 3.8) is 0 Å². The molecule has 1 aromatic rings. The Kier molecular flexibility index (Phi) is 7.00. The van der Waals surface area contributed by atoms with Crippen molar-refractivity contribution in [2.75, 3.05) is 40.6 Å². The Bertz CT molecular complexity index is 422. The summed E-state index contributed by atoms with van der Waals surface area (Å²) >= 11 is 0. The maximum Gasteiger partial charge on any atom is 0.119 e. The third-order valence-corrected chi connectivity index (χ3v) is 3.91. The van der Waals surface area contributed by atoms with Crippen LogP contribution in [0.1, 0.15) is 36.4 Å². The van der Waals surface area contributed by atoms with Gasteiger partial charge in [0.05, 0.1) is 6.61 Å². The molecule has 21 heavy (non-hydrogen) atoms. The van der Waals surface area contributed by atoms with Crippen LogP contribution >= 0.6 is 0 Å². The molecule has 0 bridgehead atoms. The molecule has 2 rings (SSSR count). The Hall–Kier alpha value is -1.10. The number of benzene rings is 1. The number of hydrogen-bond acceptors (Lipinski definition) is 4. The van der Waals surface area contributed by atoms with Crippen molar-refractivity contribution in [2.24, 2.45) is 0 Å². The predicted octanol–water partition coefficient (Wildman–Crippen LogP) is 2.72. The van der Waals surface area contributed by atoms with E-state index in [1.165, 1.54) is 24.0 Å². The molecule has 1 unspecified atom stereocenters. The van der Waals surface area contributed by atoms with E-state index in [1.807, 2.05) is 7.05 Å². The third-order valence-electron chi connectivity index (χ3n) is 3.91. The molecule has 0 radical (unpaired) electrons. The fraction of sp³-hybridized carbons (Fsp3) is 0.647. The molecule has 0 saturated heterocycles. The van der Waals surface area contributed by atoms with Gasteiger partial charge in [-0.25, -0.2) is 0 Å². The van der Waals surface area contributed by atoms with Gasteiger partial charge < -0.3 is 19.5 Å². The average Bonchev–Trinajstić information content (AvgIpc) is 2.53. The number of rotatable bonds is 9. The van der Waals surface area contributed by atoms with Crippen LogP contribution in [-0.4, -0.2) is 40.6 Å². The van der Waals surface area contributed by atoms with Crippen LogP contribution in [0.25, 0.3) is 0 Å². The molecule has 1 aliphatic rings. The number of fused-ring (bicyclic) bond motifs is 1. The number of methoxy groups -OCH3 is 1. The molecule has 4 nitrogen and oxygen atoms in total. The van der Waals surface area contributed by atoms with Gasteiger partial charge in [0, 0.05) is 26.4 Å². The van der Waals surface area contributed by atoms with Gasteiger partial charge in [-0.3, -0.25) is 0 Å². The maximum atomic E-state index is 5.77. The summed E-state index contributed by atoms with van der Waals surface area (Å²) in [6, 6.07) is 6.94. The van der Waals surface area contributed by atoms with Crippen LogP contribution in [0.3, 0.4) is 0 Å². The van der Waals surface area contributed by atoms with E-state index < -0.39 is 0 Å². The van der Waals surface area contributed by atoms with Crippen LogP contribution in [0.4, 0.5) is 0 Å². The van der Waals surface area contributed by atoms with Gasteiger partial charge in [-0.2, -0.15) is 0 Å². The highest BCUT2D eigenvalue weighted by atomic mass is 16.5. The molecule has 1 atom stereocenters. The molecule has 1 aromatic carbocycles. The Morgan fingerprint density at radius 1 is 1.19 bits per heavy atom. The quantitative estimate of drug-likeness (QED) is 0.711. The zero-order valence-electron chi connectivity index (χ0n) is 13.2. The van der Waals surface area contributed by atoms with Crippen molar-refractivity contribution in [1.82, 2.24) is 5.32 Å². The lowest BCUT2D eigenvalue weighted by molar-refractivity contribution is 0.0806. The van der Waals surface area contributed by atoms with Crippen LogP contribution < -0.4 is 10.1 Å². The molecule has 0 aromatic heterocycles. The summed E-state index contributed by atoms with van der Waals surface area (Å²) in [5.41, 5.74) is 2.84. The summed E-state index contributed by atoms with van der Waals surface area (Å²) in [5, 5.41) is 3.39. The summed E-state index contributed by atoms with van der Waals surface area (Å²) in [5.74, 6) is 0.950. The highest BCUT2D eigenvalue weighted by molar-refractivity contribution is 5.39. The van der Waals surface area contributed by atoms with E-state index in [9.17, 15) is 0 Å². The molecule has 0 amide bonds. The fourth-order valence-electron chi connectivity index (χ4n) is 2.81. The van der Waals surface area contributed by atoms with Gasteiger partial charge in [-0.15, -0.1) is 0 Å². The molecule has 118 valence electrons. The van der Waals surface area contributed by atoms with Gasteiger partial charge in [0.15, 0.2) is 0 Å². The van der Waals surface area contributed by atoms with Gasteiger partial charge in [0.1, 0.15) is 12.4 Å². The lowest BCUT2D eigenvalue weighted by Gasteiger charge is -2.25. The summed E-state index contributed by atoms with van der Waals surface area (Å²) in [6.07, 6.45) is 4.54. The molecule has 1 N–H and O–H groups in total. The van der Waals surface area contributed by atoms with Gasteiger partial charge in [0.25, 0.3) is 0 Å². The van der Waals surface area contributed by atoms with Crippen LogP contribution in [0.5, 0.6) is 5.75 Å². The fourth-order valence-corrected chi connectivity index (χ4v) is 2.81. The molecule has 0 saturated carbocycles. The molecule has 0 heterocycles. The molecule has 0 spiro atoms. The number of nitrogens with one attached hydrogen (secondary N) is 1. The van der Waals surface area contributed by atoms with Crippen LogP contribution in [-0.2, 0) is 15.9 Å². The summed E-state index contributed by atoms with van der Waals surface area (Å²) in [4.78, 5) is 0. The van der Waals surface area contributed by atoms with Gasteiger partial charge in [0.2, 0.25) is 0 Å². The van der Waals surface area contributed by atoms with Crippen molar-refractivity contribution >= 4 is 0 Å². The van der Waals surface area contributed by atoms with Gasteiger partial charge in [-0.05, 0) is 56.0 Å². The average molecular weight is 293 g/mol. The standard InChI is InChI=1S/C17H27NO3/c1-18-17-6-3-5-14-13-15(7-8-16(14)17)21-12-11-20-10-4-9-19-2/h7-8,13,17-18H,3-6,9-12H2,1-2H3. The first-order chi connectivity index (χ1) is 10.3. The summed E-state index contributed by atoms with van der Waals surface area (Å²) < 4.78 is 16.2. The lowest BCUT2D eigenvalue weighted by atomic mass is 9.87. The van der Waals surface area contributed by atoms with E-state index in [0.717, 1.165) is 31.8 Å². The lowest BCUT2D eigenvalue weighted by Crippen LogP contribution is -2.21. The Morgan fingerprint density at radius 3 is 2.90 bits per heavy atom. The van der Waals surface area contributed by atoms with E-state index in [0.29, 0.717) is 19.3 Å². The Balaban J connectivity index is 1.75. The first-order valence-electron chi connectivity index (χ1n) is 7.84. The first-order valence-corrected chi connectivity index (χ1v) is 7.84. The second-order valence-corrected chi connectivity index (χ2v) is 5.40. The van der Waals surface area contributed by atoms with E-state index >= 15 is 0 Å². The normalized spacial score (nSPS) is 17.5. The van der Waals surface area contributed by atoms with Crippen molar-refractivity contribution in [3.05, 3.63) is 29.3 Å². The van der Waals surface area contributed by atoms with Gasteiger partial charge in [-0.1, -0.05) is 6.07 Å². The topological polar surface area (TPSA) is 39.7 Å². The second-order valence-electron chi connectivity index (χ2n) is 5.40. The second kappa shape index (κ2) is 9.03. The zero-order chi connectivity index (χ0) is 14.9.